The molecular weight excluding hydrogens is 462 g/mol. The number of anilines is 1. The summed E-state index contributed by atoms with van der Waals surface area (Å²) in [6.07, 6.45) is 1.05. The van der Waals surface area contributed by atoms with Gasteiger partial charge in [-0.2, -0.15) is 0 Å². The molecular formula is C24H32ClN3O4S. The molecule has 0 heterocycles. The topological polar surface area (TPSA) is 86.8 Å². The third kappa shape index (κ3) is 7.75. The fraction of sp³-hybridized carbons (Fsp3) is 0.417. The lowest BCUT2D eigenvalue weighted by Gasteiger charge is -2.31. The third-order valence-electron chi connectivity index (χ3n) is 5.15. The van der Waals surface area contributed by atoms with Crippen LogP contribution >= 0.6 is 11.6 Å². The van der Waals surface area contributed by atoms with Gasteiger partial charge in [-0.15, -0.1) is 0 Å². The quantitative estimate of drug-likeness (QED) is 0.547. The molecule has 180 valence electrons. The fourth-order valence-corrected chi connectivity index (χ4v) is 4.22. The molecule has 0 aliphatic carbocycles. The van der Waals surface area contributed by atoms with Crippen LogP contribution in [0.4, 0.5) is 5.69 Å². The van der Waals surface area contributed by atoms with Gasteiger partial charge in [0.05, 0.1) is 11.9 Å². The number of aryl methyl sites for hydroxylation is 1. The Morgan fingerprint density at radius 1 is 1.03 bits per heavy atom. The number of hydrogen-bond acceptors (Lipinski definition) is 4. The number of nitrogens with zero attached hydrogens (tertiary/aromatic N) is 2. The first kappa shape index (κ1) is 26.7. The van der Waals surface area contributed by atoms with Gasteiger partial charge in [0.1, 0.15) is 12.6 Å². The van der Waals surface area contributed by atoms with Crippen LogP contribution in [-0.4, -0.2) is 50.5 Å². The van der Waals surface area contributed by atoms with Crippen molar-refractivity contribution >= 4 is 39.1 Å². The van der Waals surface area contributed by atoms with Crippen molar-refractivity contribution in [3.63, 3.8) is 0 Å². The van der Waals surface area contributed by atoms with Crippen molar-refractivity contribution in [3.05, 3.63) is 64.7 Å². The summed E-state index contributed by atoms with van der Waals surface area (Å²) >= 11 is 6.30. The molecule has 0 radical (unpaired) electrons. The fourth-order valence-electron chi connectivity index (χ4n) is 3.17. The van der Waals surface area contributed by atoms with Gasteiger partial charge in [0.15, 0.2) is 0 Å². The van der Waals surface area contributed by atoms with Gasteiger partial charge < -0.3 is 10.2 Å². The first-order valence-corrected chi connectivity index (χ1v) is 13.0. The van der Waals surface area contributed by atoms with Crippen molar-refractivity contribution in [3.8, 4) is 0 Å². The van der Waals surface area contributed by atoms with Crippen LogP contribution in [-0.2, 0) is 26.2 Å². The van der Waals surface area contributed by atoms with E-state index in [1.54, 1.807) is 55.5 Å². The Bertz CT molecular complexity index is 1070. The first-order chi connectivity index (χ1) is 15.4. The Morgan fingerprint density at radius 2 is 1.64 bits per heavy atom. The summed E-state index contributed by atoms with van der Waals surface area (Å²) in [6, 6.07) is 13.1. The summed E-state index contributed by atoms with van der Waals surface area (Å²) in [5.74, 6) is -0.574. The Kier molecular flexibility index (Phi) is 9.31. The van der Waals surface area contributed by atoms with Crippen molar-refractivity contribution in [2.45, 2.75) is 40.3 Å². The summed E-state index contributed by atoms with van der Waals surface area (Å²) in [7, 11) is -3.75. The van der Waals surface area contributed by atoms with Crippen LogP contribution in [0, 0.1) is 12.8 Å². The molecule has 1 N–H and O–H groups in total. The Hall–Kier alpha value is -2.58. The summed E-state index contributed by atoms with van der Waals surface area (Å²) in [5, 5.41) is 3.30. The van der Waals surface area contributed by atoms with Gasteiger partial charge in [0.25, 0.3) is 0 Å². The molecule has 2 aromatic carbocycles. The maximum Gasteiger partial charge on any atom is 0.244 e. The monoisotopic (exact) mass is 493 g/mol. The van der Waals surface area contributed by atoms with E-state index in [0.29, 0.717) is 22.8 Å². The average Bonchev–Trinajstić information content (AvgIpc) is 2.74. The van der Waals surface area contributed by atoms with E-state index in [2.05, 4.69) is 5.32 Å². The number of carbonyl (C=O) groups is 2. The normalized spacial score (nSPS) is 12.3. The third-order valence-corrected chi connectivity index (χ3v) is 6.66. The molecule has 0 aliphatic heterocycles. The average molecular weight is 494 g/mol. The number of sulfonamides is 1. The van der Waals surface area contributed by atoms with Crippen LogP contribution in [0.25, 0.3) is 0 Å². The molecule has 1 atom stereocenters. The van der Waals surface area contributed by atoms with E-state index >= 15 is 0 Å². The van der Waals surface area contributed by atoms with E-state index in [1.807, 2.05) is 20.8 Å². The summed E-state index contributed by atoms with van der Waals surface area (Å²) < 4.78 is 26.1. The van der Waals surface area contributed by atoms with Crippen LogP contribution < -0.4 is 9.62 Å². The van der Waals surface area contributed by atoms with Gasteiger partial charge in [0, 0.05) is 18.1 Å². The zero-order chi connectivity index (χ0) is 24.8. The number of rotatable bonds is 10. The van der Waals surface area contributed by atoms with Gasteiger partial charge >= 0.3 is 0 Å². The Balaban J connectivity index is 2.36. The highest BCUT2D eigenvalue weighted by atomic mass is 35.5. The standard InChI is InChI=1S/C24H32ClN3O4S/c1-17(2)14-26-24(30)19(4)27(15-20-8-6-7-9-22(20)25)23(29)16-28(33(5,31)32)21-12-10-18(3)11-13-21/h6-13,17,19H,14-16H2,1-5H3,(H,26,30)/t19-/m0/s1. The largest absolute Gasteiger partial charge is 0.354 e. The molecule has 2 rings (SSSR count). The molecule has 0 aromatic heterocycles. The lowest BCUT2D eigenvalue weighted by atomic mass is 10.1. The number of carbonyl (C=O) groups excluding carboxylic acids is 2. The number of benzene rings is 2. The van der Waals surface area contributed by atoms with E-state index in [1.165, 1.54) is 4.90 Å². The van der Waals surface area contributed by atoms with Crippen LogP contribution in [0.5, 0.6) is 0 Å². The van der Waals surface area contributed by atoms with Crippen LogP contribution in [0.15, 0.2) is 48.5 Å². The lowest BCUT2D eigenvalue weighted by molar-refractivity contribution is -0.139. The second-order valence-electron chi connectivity index (χ2n) is 8.53. The van der Waals surface area contributed by atoms with E-state index < -0.39 is 28.5 Å². The Labute approximate surface area is 201 Å². The predicted molar refractivity (Wildman–Crippen MR) is 133 cm³/mol. The Morgan fingerprint density at radius 3 is 2.18 bits per heavy atom. The molecule has 2 aromatic rings. The maximum absolute atomic E-state index is 13.4. The van der Waals surface area contributed by atoms with Gasteiger partial charge in [-0.3, -0.25) is 13.9 Å². The second-order valence-corrected chi connectivity index (χ2v) is 10.8. The number of hydrogen-bond donors (Lipinski definition) is 1. The highest BCUT2D eigenvalue weighted by molar-refractivity contribution is 7.92. The second kappa shape index (κ2) is 11.5. The van der Waals surface area contributed by atoms with Crippen molar-refractivity contribution < 1.29 is 18.0 Å². The van der Waals surface area contributed by atoms with Crippen LogP contribution in [0.3, 0.4) is 0 Å². The van der Waals surface area contributed by atoms with Crippen LogP contribution in [0.1, 0.15) is 31.9 Å². The predicted octanol–water partition coefficient (Wildman–Crippen LogP) is 3.60. The number of nitrogens with one attached hydrogen (secondary N) is 1. The van der Waals surface area contributed by atoms with Crippen molar-refractivity contribution in [2.75, 3.05) is 23.7 Å². The molecule has 0 unspecified atom stereocenters. The molecule has 7 nitrogen and oxygen atoms in total. The molecule has 0 fully saturated rings. The zero-order valence-corrected chi connectivity index (χ0v) is 21.3. The molecule has 0 bridgehead atoms. The highest BCUT2D eigenvalue weighted by Crippen LogP contribution is 2.21. The van der Waals surface area contributed by atoms with Crippen molar-refractivity contribution in [1.29, 1.82) is 0 Å². The summed E-state index contributed by atoms with van der Waals surface area (Å²) in [6.45, 7) is 7.57. The molecule has 0 saturated carbocycles. The van der Waals surface area contributed by atoms with E-state index in [-0.39, 0.29) is 18.4 Å². The maximum atomic E-state index is 13.4. The van der Waals surface area contributed by atoms with Gasteiger partial charge in [-0.25, -0.2) is 8.42 Å². The number of halogens is 1. The molecule has 9 heteroatoms. The van der Waals surface area contributed by atoms with Gasteiger partial charge in [-0.05, 0) is 43.5 Å². The summed E-state index contributed by atoms with van der Waals surface area (Å²) in [4.78, 5) is 27.6. The smallest absolute Gasteiger partial charge is 0.244 e. The molecule has 33 heavy (non-hydrogen) atoms. The van der Waals surface area contributed by atoms with Crippen molar-refractivity contribution in [2.24, 2.45) is 5.92 Å². The molecule has 0 aliphatic rings. The first-order valence-electron chi connectivity index (χ1n) is 10.7. The molecule has 0 spiro atoms. The van der Waals surface area contributed by atoms with E-state index in [4.69, 9.17) is 11.6 Å². The highest BCUT2D eigenvalue weighted by Gasteiger charge is 2.30. The minimum absolute atomic E-state index is 0.0697. The molecule has 0 saturated heterocycles. The minimum Gasteiger partial charge on any atom is -0.354 e. The lowest BCUT2D eigenvalue weighted by Crippen LogP contribution is -2.51. The number of amides is 2. The zero-order valence-electron chi connectivity index (χ0n) is 19.7. The molecule has 2 amide bonds. The van der Waals surface area contributed by atoms with Crippen LogP contribution in [0.2, 0.25) is 5.02 Å². The van der Waals surface area contributed by atoms with E-state index in [9.17, 15) is 18.0 Å². The minimum atomic E-state index is -3.75. The summed E-state index contributed by atoms with van der Waals surface area (Å²) in [5.41, 5.74) is 2.01. The van der Waals surface area contributed by atoms with E-state index in [0.717, 1.165) is 16.1 Å². The van der Waals surface area contributed by atoms with Gasteiger partial charge in [-0.1, -0.05) is 61.3 Å². The van der Waals surface area contributed by atoms with Gasteiger partial charge in [0.2, 0.25) is 21.8 Å². The SMILES string of the molecule is Cc1ccc(N(CC(=O)N(Cc2ccccc2Cl)[C@@H](C)C(=O)NCC(C)C)S(C)(=O)=O)cc1. The van der Waals surface area contributed by atoms with Crippen molar-refractivity contribution in [1.82, 2.24) is 10.2 Å².